The van der Waals surface area contributed by atoms with Gasteiger partial charge in [-0.05, 0) is 43.3 Å². The third kappa shape index (κ3) is 2.76. The van der Waals surface area contributed by atoms with Crippen molar-refractivity contribution in [3.63, 3.8) is 0 Å². The molecule has 2 aromatic carbocycles. The number of para-hydroxylation sites is 1. The fraction of sp³-hybridized carbons (Fsp3) is 0.143. The van der Waals surface area contributed by atoms with Gasteiger partial charge in [0.15, 0.2) is 0 Å². The lowest BCUT2D eigenvalue weighted by Gasteiger charge is -2.07. The molecular formula is C14H15NO. The minimum absolute atomic E-state index is 0.854. The molecule has 0 aliphatic carbocycles. The second kappa shape index (κ2) is 5.21. The fourth-order valence-corrected chi connectivity index (χ4v) is 1.47. The van der Waals surface area contributed by atoms with Crippen LogP contribution in [-0.4, -0.2) is 6.54 Å². The molecule has 2 rings (SSSR count). The number of nitrogens with one attached hydrogen (secondary N) is 1. The van der Waals surface area contributed by atoms with E-state index in [0.29, 0.717) is 0 Å². The molecule has 0 radical (unpaired) electrons. The average Bonchev–Trinajstić information content (AvgIpc) is 2.33. The Labute approximate surface area is 95.9 Å². The van der Waals surface area contributed by atoms with Gasteiger partial charge in [0.05, 0.1) is 0 Å². The minimum Gasteiger partial charge on any atom is -0.457 e. The maximum atomic E-state index is 5.68. The summed E-state index contributed by atoms with van der Waals surface area (Å²) in [4.78, 5) is 0. The van der Waals surface area contributed by atoms with E-state index >= 15 is 0 Å². The van der Waals surface area contributed by atoms with Crippen molar-refractivity contribution in [1.29, 1.82) is 0 Å². The lowest BCUT2D eigenvalue weighted by Crippen LogP contribution is -1.95. The van der Waals surface area contributed by atoms with Gasteiger partial charge in [-0.3, -0.25) is 0 Å². The minimum atomic E-state index is 0.854. The van der Waals surface area contributed by atoms with Gasteiger partial charge in [-0.15, -0.1) is 0 Å². The van der Waals surface area contributed by atoms with Crippen LogP contribution in [0.15, 0.2) is 54.6 Å². The molecule has 1 N–H and O–H groups in total. The van der Waals surface area contributed by atoms with E-state index in [4.69, 9.17) is 4.74 Å². The number of hydrogen-bond donors (Lipinski definition) is 1. The fourth-order valence-electron chi connectivity index (χ4n) is 1.47. The zero-order valence-electron chi connectivity index (χ0n) is 9.31. The van der Waals surface area contributed by atoms with Crippen LogP contribution < -0.4 is 10.1 Å². The van der Waals surface area contributed by atoms with Gasteiger partial charge in [0.25, 0.3) is 0 Å². The Morgan fingerprint density at radius 2 is 1.50 bits per heavy atom. The second-order valence-electron chi connectivity index (χ2n) is 3.47. The predicted octanol–water partition coefficient (Wildman–Crippen LogP) is 3.91. The third-order valence-corrected chi connectivity index (χ3v) is 2.21. The summed E-state index contributed by atoms with van der Waals surface area (Å²) in [6.45, 7) is 3.01. The zero-order chi connectivity index (χ0) is 11.2. The molecule has 0 heterocycles. The predicted molar refractivity (Wildman–Crippen MR) is 67.1 cm³/mol. The summed E-state index contributed by atoms with van der Waals surface area (Å²) in [5, 5.41) is 3.24. The van der Waals surface area contributed by atoms with E-state index in [-0.39, 0.29) is 0 Å². The Hall–Kier alpha value is -1.96. The van der Waals surface area contributed by atoms with Gasteiger partial charge >= 0.3 is 0 Å². The summed E-state index contributed by atoms with van der Waals surface area (Å²) < 4.78 is 5.68. The maximum absolute atomic E-state index is 5.68. The lowest BCUT2D eigenvalue weighted by atomic mass is 10.3. The molecule has 0 atom stereocenters. The van der Waals surface area contributed by atoms with Gasteiger partial charge in [0.2, 0.25) is 0 Å². The first-order valence-corrected chi connectivity index (χ1v) is 5.45. The Kier molecular flexibility index (Phi) is 3.44. The zero-order valence-corrected chi connectivity index (χ0v) is 9.31. The monoisotopic (exact) mass is 213 g/mol. The van der Waals surface area contributed by atoms with E-state index < -0.39 is 0 Å². The normalized spacial score (nSPS) is 9.81. The highest BCUT2D eigenvalue weighted by molar-refractivity contribution is 5.47. The number of ether oxygens (including phenoxy) is 1. The van der Waals surface area contributed by atoms with Crippen molar-refractivity contribution in [3.8, 4) is 11.5 Å². The topological polar surface area (TPSA) is 21.3 Å². The Balaban J connectivity index is 2.05. The number of rotatable bonds is 4. The highest BCUT2D eigenvalue weighted by atomic mass is 16.5. The molecule has 0 aromatic heterocycles. The van der Waals surface area contributed by atoms with E-state index in [2.05, 4.69) is 12.2 Å². The Bertz CT molecular complexity index is 422. The molecule has 0 saturated heterocycles. The summed E-state index contributed by atoms with van der Waals surface area (Å²) in [6, 6.07) is 17.7. The van der Waals surface area contributed by atoms with Gasteiger partial charge < -0.3 is 10.1 Å². The van der Waals surface area contributed by atoms with Crippen molar-refractivity contribution in [2.45, 2.75) is 6.92 Å². The van der Waals surface area contributed by atoms with Crippen LogP contribution in [0.4, 0.5) is 5.69 Å². The number of benzene rings is 2. The first kappa shape index (κ1) is 10.6. The summed E-state index contributed by atoms with van der Waals surface area (Å²) in [7, 11) is 0. The largest absolute Gasteiger partial charge is 0.457 e. The van der Waals surface area contributed by atoms with Gasteiger partial charge in [-0.1, -0.05) is 18.2 Å². The molecule has 0 bridgehead atoms. The van der Waals surface area contributed by atoms with Crippen molar-refractivity contribution < 1.29 is 4.74 Å². The van der Waals surface area contributed by atoms with Crippen LogP contribution in [0.2, 0.25) is 0 Å². The average molecular weight is 213 g/mol. The quantitative estimate of drug-likeness (QED) is 0.831. The SMILES string of the molecule is CCNc1ccc(Oc2ccccc2)cc1. The van der Waals surface area contributed by atoms with Crippen molar-refractivity contribution in [2.75, 3.05) is 11.9 Å². The lowest BCUT2D eigenvalue weighted by molar-refractivity contribution is 0.483. The molecule has 0 unspecified atom stereocenters. The summed E-state index contributed by atoms with van der Waals surface area (Å²) in [6.07, 6.45) is 0. The van der Waals surface area contributed by atoms with Crippen LogP contribution >= 0.6 is 0 Å². The first-order chi connectivity index (χ1) is 7.88. The smallest absolute Gasteiger partial charge is 0.127 e. The third-order valence-electron chi connectivity index (χ3n) is 2.21. The number of anilines is 1. The first-order valence-electron chi connectivity index (χ1n) is 5.45. The highest BCUT2D eigenvalue weighted by Gasteiger charge is 1.96. The Morgan fingerprint density at radius 3 is 2.12 bits per heavy atom. The van der Waals surface area contributed by atoms with Gasteiger partial charge in [-0.2, -0.15) is 0 Å². The molecule has 2 heteroatoms. The molecular weight excluding hydrogens is 198 g/mol. The standard InChI is InChI=1S/C14H15NO/c1-2-15-12-8-10-14(11-9-12)16-13-6-4-3-5-7-13/h3-11,15H,2H2,1H3. The van der Waals surface area contributed by atoms with Crippen LogP contribution in [0.5, 0.6) is 11.5 Å². The van der Waals surface area contributed by atoms with E-state index in [1.807, 2.05) is 54.6 Å². The molecule has 2 aromatic rings. The molecule has 2 nitrogen and oxygen atoms in total. The van der Waals surface area contributed by atoms with E-state index in [0.717, 1.165) is 23.7 Å². The highest BCUT2D eigenvalue weighted by Crippen LogP contribution is 2.22. The second-order valence-corrected chi connectivity index (χ2v) is 3.47. The van der Waals surface area contributed by atoms with Crippen LogP contribution in [0.3, 0.4) is 0 Å². The molecule has 0 spiro atoms. The van der Waals surface area contributed by atoms with Gasteiger partial charge in [0, 0.05) is 12.2 Å². The van der Waals surface area contributed by atoms with E-state index in [1.54, 1.807) is 0 Å². The van der Waals surface area contributed by atoms with Crippen LogP contribution in [0.1, 0.15) is 6.92 Å². The number of hydrogen-bond acceptors (Lipinski definition) is 2. The molecule has 0 aliphatic heterocycles. The van der Waals surface area contributed by atoms with Crippen LogP contribution in [0, 0.1) is 0 Å². The molecule has 82 valence electrons. The molecule has 0 amide bonds. The Morgan fingerprint density at radius 1 is 0.875 bits per heavy atom. The van der Waals surface area contributed by atoms with Crippen molar-refractivity contribution in [2.24, 2.45) is 0 Å². The van der Waals surface area contributed by atoms with Crippen LogP contribution in [0.25, 0.3) is 0 Å². The van der Waals surface area contributed by atoms with E-state index in [1.165, 1.54) is 0 Å². The molecule has 0 fully saturated rings. The van der Waals surface area contributed by atoms with E-state index in [9.17, 15) is 0 Å². The summed E-state index contributed by atoms with van der Waals surface area (Å²) >= 11 is 0. The summed E-state index contributed by atoms with van der Waals surface area (Å²) in [5.41, 5.74) is 1.11. The summed E-state index contributed by atoms with van der Waals surface area (Å²) in [5.74, 6) is 1.71. The van der Waals surface area contributed by atoms with Gasteiger partial charge in [-0.25, -0.2) is 0 Å². The van der Waals surface area contributed by atoms with Crippen molar-refractivity contribution >= 4 is 5.69 Å². The maximum Gasteiger partial charge on any atom is 0.127 e. The van der Waals surface area contributed by atoms with Crippen molar-refractivity contribution in [1.82, 2.24) is 0 Å². The molecule has 0 aliphatic rings. The van der Waals surface area contributed by atoms with Crippen molar-refractivity contribution in [3.05, 3.63) is 54.6 Å². The van der Waals surface area contributed by atoms with Gasteiger partial charge in [0.1, 0.15) is 11.5 Å². The molecule has 16 heavy (non-hydrogen) atoms. The van der Waals surface area contributed by atoms with Crippen LogP contribution in [-0.2, 0) is 0 Å². The molecule has 0 saturated carbocycles.